The van der Waals surface area contributed by atoms with Gasteiger partial charge < -0.3 is 14.2 Å². The van der Waals surface area contributed by atoms with Gasteiger partial charge in [0.2, 0.25) is 5.75 Å². The monoisotopic (exact) mass is 312 g/mol. The minimum absolute atomic E-state index is 0.0477. The predicted octanol–water partition coefficient (Wildman–Crippen LogP) is 2.24. The maximum atomic E-state index is 11.0. The van der Waals surface area contributed by atoms with Crippen LogP contribution in [-0.2, 0) is 0 Å². The lowest BCUT2D eigenvalue weighted by atomic mass is 10.3. The van der Waals surface area contributed by atoms with E-state index in [0.717, 1.165) is 6.07 Å². The highest BCUT2D eigenvalue weighted by Crippen LogP contribution is 2.32. The lowest BCUT2D eigenvalue weighted by Gasteiger charge is -2.07. The summed E-state index contributed by atoms with van der Waals surface area (Å²) in [6, 6.07) is 3.64. The van der Waals surface area contributed by atoms with Crippen molar-refractivity contribution in [3.05, 3.63) is 33.3 Å². The van der Waals surface area contributed by atoms with Crippen LogP contribution in [0.2, 0.25) is 5.02 Å². The molecule has 0 aliphatic rings. The molecule has 0 saturated heterocycles. The highest BCUT2D eigenvalue weighted by atomic mass is 35.5. The van der Waals surface area contributed by atoms with Crippen LogP contribution in [0.3, 0.4) is 0 Å². The molecule has 1 aromatic carbocycles. The number of nitro benzene ring substituents is 1. The molecule has 0 N–H and O–H groups in total. The third kappa shape index (κ3) is 3.45. The van der Waals surface area contributed by atoms with E-state index in [0.29, 0.717) is 0 Å². The number of hydrogen-bond donors (Lipinski definition) is 0. The van der Waals surface area contributed by atoms with E-state index in [4.69, 9.17) is 25.8 Å². The number of benzene rings is 1. The average Bonchev–Trinajstić information content (AvgIpc) is 2.48. The Balaban J connectivity index is 2.40. The minimum atomic E-state index is -0.628. The van der Waals surface area contributed by atoms with Crippen LogP contribution >= 0.6 is 11.6 Å². The first-order valence-corrected chi connectivity index (χ1v) is 5.87. The van der Waals surface area contributed by atoms with Crippen molar-refractivity contribution >= 4 is 17.3 Å². The van der Waals surface area contributed by atoms with E-state index in [2.05, 4.69) is 15.0 Å². The Morgan fingerprint density at radius 2 is 1.67 bits per heavy atom. The first-order valence-electron chi connectivity index (χ1n) is 5.49. The third-order valence-electron chi connectivity index (χ3n) is 2.26. The fourth-order valence-electron chi connectivity index (χ4n) is 1.37. The molecule has 10 heteroatoms. The van der Waals surface area contributed by atoms with E-state index < -0.39 is 4.92 Å². The van der Waals surface area contributed by atoms with Gasteiger partial charge in [0.15, 0.2) is 0 Å². The summed E-state index contributed by atoms with van der Waals surface area (Å²) in [6.07, 6.45) is 0. The second kappa shape index (κ2) is 6.18. The first kappa shape index (κ1) is 14.7. The van der Waals surface area contributed by atoms with Crippen molar-refractivity contribution in [2.24, 2.45) is 0 Å². The standard InChI is InChI=1S/C11H9ClN4O5/c1-19-9-13-10(20-2)15-11(14-9)21-8-4-3-6(12)5-7(8)16(17)18/h3-5H,1-2H3. The number of hydrogen-bond acceptors (Lipinski definition) is 8. The van der Waals surface area contributed by atoms with Crippen molar-refractivity contribution in [3.8, 4) is 23.8 Å². The van der Waals surface area contributed by atoms with Crippen LogP contribution in [0.5, 0.6) is 23.8 Å². The average molecular weight is 313 g/mol. The maximum Gasteiger partial charge on any atom is 0.331 e. The van der Waals surface area contributed by atoms with E-state index in [9.17, 15) is 10.1 Å². The second-order valence-corrected chi connectivity index (χ2v) is 4.00. The topological polar surface area (TPSA) is 110 Å². The van der Waals surface area contributed by atoms with E-state index in [1.165, 1.54) is 26.4 Å². The molecular weight excluding hydrogens is 304 g/mol. The van der Waals surface area contributed by atoms with Crippen molar-refractivity contribution in [1.29, 1.82) is 0 Å². The molecule has 0 radical (unpaired) electrons. The second-order valence-electron chi connectivity index (χ2n) is 3.56. The van der Waals surface area contributed by atoms with Gasteiger partial charge >= 0.3 is 23.7 Å². The molecule has 2 aromatic rings. The molecule has 21 heavy (non-hydrogen) atoms. The van der Waals surface area contributed by atoms with Gasteiger partial charge in [0.1, 0.15) is 0 Å². The smallest absolute Gasteiger partial charge is 0.331 e. The molecule has 0 bridgehead atoms. The SMILES string of the molecule is COc1nc(OC)nc(Oc2ccc(Cl)cc2[N+](=O)[O-])n1. The largest absolute Gasteiger partial charge is 0.467 e. The number of nitrogens with zero attached hydrogens (tertiary/aromatic N) is 4. The van der Waals surface area contributed by atoms with E-state index in [1.54, 1.807) is 0 Å². The molecule has 0 amide bonds. The summed E-state index contributed by atoms with van der Waals surface area (Å²) < 4.78 is 15.0. The molecule has 1 aromatic heterocycles. The van der Waals surface area contributed by atoms with Crippen LogP contribution < -0.4 is 14.2 Å². The van der Waals surface area contributed by atoms with Crippen molar-refractivity contribution < 1.29 is 19.1 Å². The summed E-state index contributed by atoms with van der Waals surface area (Å²) >= 11 is 5.72. The quantitative estimate of drug-likeness (QED) is 0.610. The predicted molar refractivity (Wildman–Crippen MR) is 71.1 cm³/mol. The van der Waals surface area contributed by atoms with E-state index in [-0.39, 0.29) is 34.5 Å². The Bertz CT molecular complexity index is 659. The zero-order valence-electron chi connectivity index (χ0n) is 10.9. The number of halogens is 1. The summed E-state index contributed by atoms with van der Waals surface area (Å²) in [7, 11) is 2.70. The van der Waals surface area contributed by atoms with Crippen LogP contribution in [0.15, 0.2) is 18.2 Å². The molecule has 0 aliphatic carbocycles. The summed E-state index contributed by atoms with van der Waals surface area (Å²) in [4.78, 5) is 21.8. The molecule has 0 unspecified atom stereocenters. The van der Waals surface area contributed by atoms with Crippen molar-refractivity contribution in [1.82, 2.24) is 15.0 Å². The number of rotatable bonds is 5. The molecule has 1 heterocycles. The van der Waals surface area contributed by atoms with Gasteiger partial charge in [0.05, 0.1) is 19.1 Å². The fourth-order valence-corrected chi connectivity index (χ4v) is 1.53. The van der Waals surface area contributed by atoms with Crippen LogP contribution in [0.1, 0.15) is 0 Å². The highest BCUT2D eigenvalue weighted by molar-refractivity contribution is 6.30. The summed E-state index contributed by atoms with van der Waals surface area (Å²) in [5.41, 5.74) is -0.319. The van der Waals surface area contributed by atoms with Crippen molar-refractivity contribution in [2.45, 2.75) is 0 Å². The maximum absolute atomic E-state index is 11.0. The van der Waals surface area contributed by atoms with Gasteiger partial charge in [0, 0.05) is 11.1 Å². The lowest BCUT2D eigenvalue weighted by Crippen LogP contribution is -2.02. The molecule has 9 nitrogen and oxygen atoms in total. The highest BCUT2D eigenvalue weighted by Gasteiger charge is 2.18. The van der Waals surface area contributed by atoms with Gasteiger partial charge in [0.25, 0.3) is 0 Å². The molecule has 0 aliphatic heterocycles. The zero-order valence-corrected chi connectivity index (χ0v) is 11.7. The molecule has 0 spiro atoms. The van der Waals surface area contributed by atoms with Crippen LogP contribution in [0.4, 0.5) is 5.69 Å². The Kier molecular flexibility index (Phi) is 4.33. The van der Waals surface area contributed by atoms with Gasteiger partial charge in [-0.05, 0) is 12.1 Å². The number of ether oxygens (including phenoxy) is 3. The van der Waals surface area contributed by atoms with Crippen LogP contribution in [0.25, 0.3) is 0 Å². The Hall–Kier alpha value is -2.68. The fraction of sp³-hybridized carbons (Fsp3) is 0.182. The molecule has 0 saturated carbocycles. The summed E-state index contributed by atoms with van der Waals surface area (Å²) in [5.74, 6) is -0.0697. The van der Waals surface area contributed by atoms with Crippen molar-refractivity contribution in [2.75, 3.05) is 14.2 Å². The molecule has 0 fully saturated rings. The Morgan fingerprint density at radius 3 is 2.19 bits per heavy atom. The molecule has 2 rings (SSSR count). The first-order chi connectivity index (χ1) is 10.0. The number of methoxy groups -OCH3 is 2. The van der Waals surface area contributed by atoms with E-state index >= 15 is 0 Å². The zero-order chi connectivity index (χ0) is 15.4. The van der Waals surface area contributed by atoms with Gasteiger partial charge in [-0.3, -0.25) is 10.1 Å². The molecular formula is C11H9ClN4O5. The Labute approximate surface area is 123 Å². The number of aromatic nitrogens is 3. The van der Waals surface area contributed by atoms with Gasteiger partial charge in [-0.25, -0.2) is 0 Å². The third-order valence-corrected chi connectivity index (χ3v) is 2.49. The number of nitro groups is 1. The van der Waals surface area contributed by atoms with Crippen molar-refractivity contribution in [3.63, 3.8) is 0 Å². The normalized spacial score (nSPS) is 10.0. The van der Waals surface area contributed by atoms with Crippen LogP contribution in [0, 0.1) is 10.1 Å². The lowest BCUT2D eigenvalue weighted by molar-refractivity contribution is -0.385. The molecule has 0 atom stereocenters. The van der Waals surface area contributed by atoms with Crippen LogP contribution in [-0.4, -0.2) is 34.1 Å². The summed E-state index contributed by atoms with van der Waals surface area (Å²) in [6.45, 7) is 0. The summed E-state index contributed by atoms with van der Waals surface area (Å²) in [5, 5.41) is 11.2. The van der Waals surface area contributed by atoms with Gasteiger partial charge in [-0.1, -0.05) is 11.6 Å². The van der Waals surface area contributed by atoms with Gasteiger partial charge in [-0.15, -0.1) is 15.0 Å². The molecule has 110 valence electrons. The van der Waals surface area contributed by atoms with Gasteiger partial charge in [-0.2, -0.15) is 0 Å². The van der Waals surface area contributed by atoms with E-state index in [1.807, 2.05) is 0 Å². The Morgan fingerprint density at radius 1 is 1.10 bits per heavy atom. The minimum Gasteiger partial charge on any atom is -0.467 e.